The number of ether oxygens (including phenoxy) is 3. The molecular formula is C56H65ClF2N4O8S. The fourth-order valence-electron chi connectivity index (χ4n) is 15.7. The van der Waals surface area contributed by atoms with Crippen molar-refractivity contribution in [2.24, 2.45) is 39.2 Å². The molecule has 7 unspecified atom stereocenters. The van der Waals surface area contributed by atoms with E-state index in [0.29, 0.717) is 60.8 Å². The zero-order valence-corrected chi connectivity index (χ0v) is 43.1. The van der Waals surface area contributed by atoms with Crippen molar-refractivity contribution in [3.05, 3.63) is 86.9 Å². The molecule has 5 saturated carbocycles. The Balaban J connectivity index is 0.900. The Labute approximate surface area is 428 Å². The van der Waals surface area contributed by atoms with Gasteiger partial charge in [0.2, 0.25) is 11.5 Å². The number of carbonyl (C=O) groups is 4. The number of alkyl halides is 1. The predicted octanol–water partition coefficient (Wildman–Crippen LogP) is 9.18. The van der Waals surface area contributed by atoms with Crippen molar-refractivity contribution in [2.75, 3.05) is 30.8 Å². The second kappa shape index (κ2) is 17.1. The molecule has 4 aliphatic heterocycles. The molecule has 3 aromatic rings. The molecule has 384 valence electrons. The van der Waals surface area contributed by atoms with Crippen molar-refractivity contribution >= 4 is 63.6 Å². The van der Waals surface area contributed by atoms with E-state index in [-0.39, 0.29) is 69.3 Å². The average Bonchev–Trinajstić information content (AvgIpc) is 4.23. The highest BCUT2D eigenvalue weighted by atomic mass is 35.5. The van der Waals surface area contributed by atoms with Crippen LogP contribution in [0, 0.1) is 39.3 Å². The van der Waals surface area contributed by atoms with Gasteiger partial charge >= 0.3 is 17.9 Å². The number of hydrogen-bond acceptors (Lipinski definition) is 12. The SMILES string of the molecule is C=C[C@@]1(C)C[C@H](OC(=O)CSC2CC3CCC(C2)N3C)[C@@]2(C)C(C)CCC3(CCC(=O)C32)[C@@H]2c3ccccc3C(OC(=O)c3cn(C4C[C@@H]4F)c4c(Cl)c(N5C[C@@H](N)C6(CC6)C5)c(F)cc4c3=O)C(=O)O[C@@H]21. The van der Waals surface area contributed by atoms with Crippen LogP contribution < -0.4 is 16.1 Å². The van der Waals surface area contributed by atoms with Crippen LogP contribution in [0.5, 0.6) is 0 Å². The summed E-state index contributed by atoms with van der Waals surface area (Å²) in [5, 5.41) is 0.0613. The number of benzene rings is 2. The molecule has 4 bridgehead atoms. The molecule has 1 spiro atoms. The summed E-state index contributed by atoms with van der Waals surface area (Å²) in [5.41, 5.74) is 3.60. The molecule has 3 saturated heterocycles. The van der Waals surface area contributed by atoms with Crippen LogP contribution >= 0.6 is 23.4 Å². The van der Waals surface area contributed by atoms with Gasteiger partial charge in [-0.1, -0.05) is 62.7 Å². The Hall–Kier alpha value is -4.31. The molecule has 2 aromatic carbocycles. The summed E-state index contributed by atoms with van der Waals surface area (Å²) in [7, 11) is 2.20. The number of anilines is 1. The van der Waals surface area contributed by atoms with Crippen LogP contribution in [0.3, 0.4) is 0 Å². The Morgan fingerprint density at radius 1 is 1.03 bits per heavy atom. The van der Waals surface area contributed by atoms with Gasteiger partial charge in [-0.2, -0.15) is 0 Å². The predicted molar refractivity (Wildman–Crippen MR) is 270 cm³/mol. The monoisotopic (exact) mass is 1030 g/mol. The summed E-state index contributed by atoms with van der Waals surface area (Å²) < 4.78 is 52.6. The third kappa shape index (κ3) is 7.25. The van der Waals surface area contributed by atoms with Gasteiger partial charge in [0.15, 0.2) is 0 Å². The number of esters is 3. The molecule has 14 atom stereocenters. The van der Waals surface area contributed by atoms with Gasteiger partial charge in [-0.15, -0.1) is 18.3 Å². The number of fused-ring (bicyclic) bond motifs is 6. The maximum atomic E-state index is 16.4. The molecule has 72 heavy (non-hydrogen) atoms. The molecule has 9 aliphatic rings. The first kappa shape index (κ1) is 48.6. The summed E-state index contributed by atoms with van der Waals surface area (Å²) in [6.45, 7) is 11.4. The van der Waals surface area contributed by atoms with Gasteiger partial charge in [0.1, 0.15) is 35.5 Å². The standard InChI is InChI=1S/C56H65ClF2N4O8S/c1-6-53(3)23-41(69-42(65)26-72-31-19-29-11-12-30(20-31)61(29)5)54(4)28(2)13-15-56(16-14-39(64)49(54)56)43-32-9-7-8-10-33(32)48(52(68)71-50(43)53)70-51(67)35-24-63(38-22-36(38)58)45-34(47(35)66)21-37(59)46(44(45)57)62-25-40(60)55(27-62)17-18-55/h6-10,21,24,28-31,36,38,40-41,43,48-50H,1,11-20,22-23,25-27,60H2,2-5H3/t28?,29?,30?,31?,36-,38?,40+,41-,43+,48?,49?,50-,53-,54+,56?/m0/s1. The summed E-state index contributed by atoms with van der Waals surface area (Å²) in [4.78, 5) is 77.6. The molecule has 12 nitrogen and oxygen atoms in total. The van der Waals surface area contributed by atoms with Gasteiger partial charge in [-0.25, -0.2) is 18.4 Å². The van der Waals surface area contributed by atoms with Crippen LogP contribution in [0.2, 0.25) is 5.02 Å². The van der Waals surface area contributed by atoms with Crippen molar-refractivity contribution in [1.82, 2.24) is 9.47 Å². The van der Waals surface area contributed by atoms with Gasteiger partial charge in [0, 0.05) is 89.1 Å². The number of nitrogens with zero attached hydrogens (tertiary/aromatic N) is 3. The Bertz CT molecular complexity index is 2880. The summed E-state index contributed by atoms with van der Waals surface area (Å²) in [6, 6.07) is 8.37. The maximum absolute atomic E-state index is 16.4. The number of hydrogen-bond donors (Lipinski definition) is 1. The minimum Gasteiger partial charge on any atom is -0.461 e. The molecule has 0 radical (unpaired) electrons. The van der Waals surface area contributed by atoms with Gasteiger partial charge < -0.3 is 34.3 Å². The molecule has 5 aliphatic carbocycles. The topological polar surface area (TPSA) is 150 Å². The van der Waals surface area contributed by atoms with E-state index in [1.807, 2.05) is 19.1 Å². The van der Waals surface area contributed by atoms with Crippen molar-refractivity contribution < 1.29 is 42.2 Å². The number of Topliss-reactive ketones (excluding diaryl/α,β-unsaturated/α-hetero) is 1. The third-order valence-electron chi connectivity index (χ3n) is 20.2. The largest absolute Gasteiger partial charge is 0.461 e. The van der Waals surface area contributed by atoms with Crippen molar-refractivity contribution in [1.29, 1.82) is 0 Å². The molecule has 16 heteroatoms. The Morgan fingerprint density at radius 3 is 2.40 bits per heavy atom. The number of ketones is 1. The van der Waals surface area contributed by atoms with Crippen LogP contribution in [-0.4, -0.2) is 101 Å². The molecule has 8 fully saturated rings. The first-order valence-electron chi connectivity index (χ1n) is 26.2. The lowest BCUT2D eigenvalue weighted by atomic mass is 9.43. The number of piperidine rings is 1. The van der Waals surface area contributed by atoms with Crippen LogP contribution in [0.1, 0.15) is 137 Å². The number of halogens is 3. The highest BCUT2D eigenvalue weighted by Gasteiger charge is 2.71. The second-order valence-electron chi connectivity index (χ2n) is 23.9. The van der Waals surface area contributed by atoms with Gasteiger partial charge in [-0.05, 0) is 94.2 Å². The van der Waals surface area contributed by atoms with Crippen LogP contribution in [0.25, 0.3) is 10.9 Å². The molecule has 5 heterocycles. The van der Waals surface area contributed by atoms with Crippen LogP contribution in [0.4, 0.5) is 14.5 Å². The number of pyridine rings is 1. The number of carbonyl (C=O) groups excluding carboxylic acids is 4. The number of nitrogens with two attached hydrogens (primary N) is 1. The van der Waals surface area contributed by atoms with E-state index in [9.17, 15) is 19.2 Å². The van der Waals surface area contributed by atoms with Crippen LogP contribution in [0.15, 0.2) is 54.0 Å². The highest BCUT2D eigenvalue weighted by molar-refractivity contribution is 8.00. The summed E-state index contributed by atoms with van der Waals surface area (Å²) >= 11 is 8.71. The smallest absolute Gasteiger partial charge is 0.352 e. The quantitative estimate of drug-likeness (QED) is 0.124. The minimum absolute atomic E-state index is 0.00634. The summed E-state index contributed by atoms with van der Waals surface area (Å²) in [5.74, 6) is -4.01. The number of rotatable bonds is 9. The van der Waals surface area contributed by atoms with Crippen molar-refractivity contribution in [2.45, 2.75) is 158 Å². The molecule has 12 rings (SSSR count). The first-order chi connectivity index (χ1) is 34.3. The fraction of sp³-hybridized carbons (Fsp3) is 0.625. The Morgan fingerprint density at radius 2 is 1.74 bits per heavy atom. The summed E-state index contributed by atoms with van der Waals surface area (Å²) in [6.07, 6.45) is 7.10. The zero-order chi connectivity index (χ0) is 50.6. The van der Waals surface area contributed by atoms with Gasteiger partial charge in [-0.3, -0.25) is 14.4 Å². The normalized spacial score (nSPS) is 39.3. The molecule has 0 amide bonds. The van der Waals surface area contributed by atoms with E-state index in [0.717, 1.165) is 38.2 Å². The molecule has 2 N–H and O–H groups in total. The van der Waals surface area contributed by atoms with E-state index < -0.39 is 87.4 Å². The lowest BCUT2D eigenvalue weighted by Crippen LogP contribution is -2.63. The minimum atomic E-state index is -1.67. The van der Waals surface area contributed by atoms with Crippen LogP contribution in [-0.2, 0) is 28.6 Å². The lowest BCUT2D eigenvalue weighted by Gasteiger charge is -2.62. The number of aromatic nitrogens is 1. The van der Waals surface area contributed by atoms with E-state index in [1.165, 1.54) is 23.6 Å². The van der Waals surface area contributed by atoms with E-state index in [1.54, 1.807) is 34.9 Å². The first-order valence-corrected chi connectivity index (χ1v) is 27.7. The van der Waals surface area contributed by atoms with Crippen molar-refractivity contribution in [3.63, 3.8) is 0 Å². The van der Waals surface area contributed by atoms with Gasteiger partial charge in [0.05, 0.1) is 33.4 Å². The molecule has 1 aromatic heterocycles. The maximum Gasteiger partial charge on any atom is 0.352 e. The van der Waals surface area contributed by atoms with E-state index in [2.05, 4.69) is 32.4 Å². The van der Waals surface area contributed by atoms with E-state index in [4.69, 9.17) is 31.5 Å². The highest BCUT2D eigenvalue weighted by Crippen LogP contribution is 2.71. The van der Waals surface area contributed by atoms with E-state index >= 15 is 13.6 Å². The lowest BCUT2D eigenvalue weighted by molar-refractivity contribution is -0.205. The second-order valence-corrected chi connectivity index (χ2v) is 25.6. The number of thioether (sulfide) groups is 1. The van der Waals surface area contributed by atoms with Crippen molar-refractivity contribution in [3.8, 4) is 0 Å². The third-order valence-corrected chi connectivity index (χ3v) is 21.9. The Kier molecular flexibility index (Phi) is 11.6. The molecular weight excluding hydrogens is 962 g/mol. The van der Waals surface area contributed by atoms with Gasteiger partial charge in [0.25, 0.3) is 0 Å². The zero-order valence-electron chi connectivity index (χ0n) is 41.5. The average molecular weight is 1030 g/mol. The fourth-order valence-corrected chi connectivity index (χ4v) is 17.2.